The molecule has 3 amide bonds. The lowest BCUT2D eigenvalue weighted by molar-refractivity contribution is -0.125. The van der Waals surface area contributed by atoms with Gasteiger partial charge in [-0.15, -0.1) is 0 Å². The molecule has 15 nitrogen and oxygen atoms in total. The third-order valence-electron chi connectivity index (χ3n) is 9.96. The molecule has 1 saturated carbocycles. The first kappa shape index (κ1) is 35.6. The topological polar surface area (TPSA) is 210 Å². The largest absolute Gasteiger partial charge is 0.508 e. The third-order valence-corrected chi connectivity index (χ3v) is 9.96. The zero-order valence-electron chi connectivity index (χ0n) is 28.9. The second-order valence-electron chi connectivity index (χ2n) is 13.5. The van der Waals surface area contributed by atoms with E-state index in [2.05, 4.69) is 50.5 Å². The molecule has 1 saturated heterocycles. The number of benzene rings is 3. The summed E-state index contributed by atoms with van der Waals surface area (Å²) in [5, 5.41) is 52.9. The van der Waals surface area contributed by atoms with E-state index < -0.39 is 36.8 Å². The summed E-state index contributed by atoms with van der Waals surface area (Å²) in [7, 11) is 0. The number of rotatable bonds is 12. The lowest BCUT2D eigenvalue weighted by atomic mass is 9.91. The molecule has 2 aliphatic rings. The number of fused-ring (bicyclic) bond motifs is 1. The van der Waals surface area contributed by atoms with Crippen molar-refractivity contribution < 1.29 is 30.0 Å². The van der Waals surface area contributed by atoms with Crippen molar-refractivity contribution in [2.45, 2.75) is 55.6 Å². The van der Waals surface area contributed by atoms with Crippen molar-refractivity contribution >= 4 is 34.9 Å². The molecule has 3 heterocycles. The lowest BCUT2D eigenvalue weighted by Gasteiger charge is -2.22. The Balaban J connectivity index is 1.16. The van der Waals surface area contributed by atoms with Gasteiger partial charge in [0.25, 0.3) is 0 Å². The van der Waals surface area contributed by atoms with Gasteiger partial charge < -0.3 is 51.2 Å². The van der Waals surface area contributed by atoms with Crippen molar-refractivity contribution in [3.05, 3.63) is 108 Å². The van der Waals surface area contributed by atoms with Crippen LogP contribution in [0.5, 0.6) is 5.75 Å². The summed E-state index contributed by atoms with van der Waals surface area (Å²) >= 11 is 0. The van der Waals surface area contributed by atoms with Crippen molar-refractivity contribution in [3.63, 3.8) is 0 Å². The molecule has 0 spiro atoms. The number of aromatic hydroxyl groups is 1. The molecular weight excluding hydrogens is 678 g/mol. The number of anilines is 2. The summed E-state index contributed by atoms with van der Waals surface area (Å²) in [6.07, 6.45) is -0.132. The van der Waals surface area contributed by atoms with E-state index in [-0.39, 0.29) is 36.7 Å². The second-order valence-corrected chi connectivity index (χ2v) is 13.5. The Kier molecular flexibility index (Phi) is 10.7. The number of phenols is 1. The molecule has 53 heavy (non-hydrogen) atoms. The Morgan fingerprint density at radius 2 is 1.64 bits per heavy atom. The van der Waals surface area contributed by atoms with Crippen LogP contribution in [0, 0.1) is 0 Å². The average Bonchev–Trinajstić information content (AvgIpc) is 3.89. The highest BCUT2D eigenvalue weighted by Gasteiger charge is 2.44. The van der Waals surface area contributed by atoms with Gasteiger partial charge in [0.2, 0.25) is 11.9 Å². The molecule has 5 atom stereocenters. The van der Waals surface area contributed by atoms with E-state index in [9.17, 15) is 30.0 Å². The molecule has 2 aromatic heterocycles. The number of urea groups is 1. The normalized spacial score (nSPS) is 21.2. The minimum atomic E-state index is -1.27. The molecule has 2 fully saturated rings. The number of aromatic nitrogens is 4. The van der Waals surface area contributed by atoms with E-state index in [1.807, 2.05) is 47.4 Å². The fourth-order valence-corrected chi connectivity index (χ4v) is 7.23. The number of phenolic OH excluding ortho intramolecular Hbond substituents is 1. The number of aliphatic hydroxyl groups excluding tert-OH is 3. The number of nitrogens with zero attached hydrogens (tertiary/aromatic N) is 5. The molecule has 0 bridgehead atoms. The summed E-state index contributed by atoms with van der Waals surface area (Å²) in [5.74, 6) is 0.352. The maximum absolute atomic E-state index is 12.8. The zero-order chi connectivity index (χ0) is 36.9. The second kappa shape index (κ2) is 15.9. The van der Waals surface area contributed by atoms with Crippen molar-refractivity contribution in [1.82, 2.24) is 35.5 Å². The molecule has 15 heteroatoms. The van der Waals surface area contributed by atoms with Gasteiger partial charge in [-0.3, -0.25) is 4.79 Å². The number of carbonyl (C=O) groups excluding carboxylic acids is 2. The van der Waals surface area contributed by atoms with Crippen LogP contribution >= 0.6 is 0 Å². The van der Waals surface area contributed by atoms with Crippen molar-refractivity contribution in [2.24, 2.45) is 0 Å². The Labute approximate surface area is 305 Å². The number of aliphatic hydroxyl groups is 3. The van der Waals surface area contributed by atoms with Crippen LogP contribution in [0.25, 0.3) is 11.2 Å². The van der Waals surface area contributed by atoms with Crippen molar-refractivity contribution in [1.29, 1.82) is 0 Å². The van der Waals surface area contributed by atoms with Gasteiger partial charge in [-0.1, -0.05) is 72.8 Å². The summed E-state index contributed by atoms with van der Waals surface area (Å²) in [6, 6.07) is 25.1. The first-order chi connectivity index (χ1) is 25.8. The Morgan fingerprint density at radius 3 is 2.34 bits per heavy atom. The fraction of sp³-hybridized carbons (Fsp3) is 0.342. The fourth-order valence-electron chi connectivity index (χ4n) is 7.23. The Hall–Kier alpha value is -5.77. The van der Waals surface area contributed by atoms with Crippen LogP contribution in [0.15, 0.2) is 91.3 Å². The van der Waals surface area contributed by atoms with E-state index in [0.717, 1.165) is 16.7 Å². The molecule has 8 N–H and O–H groups in total. The maximum Gasteiger partial charge on any atom is 0.315 e. The van der Waals surface area contributed by atoms with Gasteiger partial charge in [0.1, 0.15) is 24.6 Å². The Bertz CT molecular complexity index is 1990. The highest BCUT2D eigenvalue weighted by molar-refractivity contribution is 5.85. The number of carbonyl (C=O) groups is 2. The molecule has 276 valence electrons. The zero-order valence-corrected chi connectivity index (χ0v) is 28.9. The van der Waals surface area contributed by atoms with E-state index in [0.29, 0.717) is 49.0 Å². The van der Waals surface area contributed by atoms with E-state index in [1.54, 1.807) is 29.1 Å². The number of imidazole rings is 1. The number of nitrogens with one attached hydrogen (secondary N) is 4. The molecule has 7 rings (SSSR count). The van der Waals surface area contributed by atoms with Crippen LogP contribution in [-0.4, -0.2) is 102 Å². The predicted molar refractivity (Wildman–Crippen MR) is 197 cm³/mol. The monoisotopic (exact) mass is 721 g/mol. The maximum atomic E-state index is 12.8. The van der Waals surface area contributed by atoms with Gasteiger partial charge >= 0.3 is 6.03 Å². The molecule has 1 aliphatic carbocycles. The third kappa shape index (κ3) is 8.01. The predicted octanol–water partition coefficient (Wildman–Crippen LogP) is 2.00. The van der Waals surface area contributed by atoms with Crippen LogP contribution in [0.1, 0.15) is 41.5 Å². The van der Waals surface area contributed by atoms with Gasteiger partial charge in [0.15, 0.2) is 17.0 Å². The van der Waals surface area contributed by atoms with Crippen LogP contribution in [-0.2, 0) is 11.3 Å². The van der Waals surface area contributed by atoms with Gasteiger partial charge in [-0.25, -0.2) is 9.78 Å². The van der Waals surface area contributed by atoms with Gasteiger partial charge in [-0.2, -0.15) is 9.97 Å². The average molecular weight is 722 g/mol. The van der Waals surface area contributed by atoms with E-state index in [4.69, 9.17) is 9.97 Å². The minimum Gasteiger partial charge on any atom is -0.508 e. The highest BCUT2D eigenvalue weighted by Crippen LogP contribution is 2.35. The minimum absolute atomic E-state index is 0.0191. The highest BCUT2D eigenvalue weighted by atomic mass is 16.3. The summed E-state index contributed by atoms with van der Waals surface area (Å²) in [6.45, 7) is 1.01. The van der Waals surface area contributed by atoms with Gasteiger partial charge in [-0.05, 0) is 41.7 Å². The molecule has 1 unspecified atom stereocenters. The molecule has 5 aromatic rings. The van der Waals surface area contributed by atoms with Gasteiger partial charge in [0, 0.05) is 38.1 Å². The van der Waals surface area contributed by atoms with Crippen LogP contribution in [0.3, 0.4) is 0 Å². The first-order valence-electron chi connectivity index (χ1n) is 17.7. The van der Waals surface area contributed by atoms with Gasteiger partial charge in [0.05, 0.1) is 18.4 Å². The van der Waals surface area contributed by atoms with Crippen LogP contribution in [0.4, 0.5) is 16.6 Å². The van der Waals surface area contributed by atoms with E-state index >= 15 is 0 Å². The summed E-state index contributed by atoms with van der Waals surface area (Å²) in [4.78, 5) is 41.3. The molecular formula is C38H43N9O6. The molecule has 0 radical (unpaired) electrons. The first-order valence-corrected chi connectivity index (χ1v) is 17.7. The SMILES string of the molecule is O=C(CO)N[C@H]1C[C@@H](n2cnc3c(NCC(c4ccccc4)c4ccccc4)nc(N4CCC(NC(=O)NCc5cccc(O)c5)C4)nc32)[C@H](O)[C@@H]1O. The smallest absolute Gasteiger partial charge is 0.315 e. The number of amides is 3. The standard InChI is InChI=1S/C38H43N9O6/c48-21-31(50)43-29-17-30(34(52)33(29)51)47-22-41-32-35(39-19-28(24-9-3-1-4-10-24)25-11-5-2-6-12-25)44-37(45-36(32)47)46-15-14-26(20-46)42-38(53)40-18-23-8-7-13-27(49)16-23/h1-13,16,22,26,28-30,33-34,48-49,51-52H,14-15,17-21H2,(H,43,50)(H,39,44,45)(H2,40,42,53)/t26?,29-,30+,33+,34-/m0/s1. The summed E-state index contributed by atoms with van der Waals surface area (Å²) in [5.41, 5.74) is 3.92. The number of hydrogen-bond acceptors (Lipinski definition) is 11. The van der Waals surface area contributed by atoms with E-state index in [1.165, 1.54) is 0 Å². The molecule has 1 aliphatic heterocycles. The Morgan fingerprint density at radius 1 is 0.906 bits per heavy atom. The molecule has 3 aromatic carbocycles. The summed E-state index contributed by atoms with van der Waals surface area (Å²) < 4.78 is 1.71. The van der Waals surface area contributed by atoms with Crippen LogP contribution in [0.2, 0.25) is 0 Å². The number of hydrogen-bond donors (Lipinski definition) is 8. The van der Waals surface area contributed by atoms with Crippen molar-refractivity contribution in [3.8, 4) is 5.75 Å². The van der Waals surface area contributed by atoms with Crippen molar-refractivity contribution in [2.75, 3.05) is 36.5 Å². The quantitative estimate of drug-likeness (QED) is 0.0934. The lowest BCUT2D eigenvalue weighted by Crippen LogP contribution is -2.44. The van der Waals surface area contributed by atoms with Crippen LogP contribution < -0.4 is 26.2 Å².